The van der Waals surface area contributed by atoms with Crippen LogP contribution in [-0.2, 0) is 0 Å². The van der Waals surface area contributed by atoms with E-state index >= 15 is 0 Å². The molecule has 9 heavy (non-hydrogen) atoms. The van der Waals surface area contributed by atoms with Crippen molar-refractivity contribution >= 4 is 11.6 Å². The van der Waals surface area contributed by atoms with Gasteiger partial charge >= 0.3 is 0 Å². The van der Waals surface area contributed by atoms with Gasteiger partial charge in [0.15, 0.2) is 0 Å². The highest BCUT2D eigenvalue weighted by Crippen LogP contribution is 2.08. The van der Waals surface area contributed by atoms with Gasteiger partial charge in [-0.3, -0.25) is 0 Å². The lowest BCUT2D eigenvalue weighted by Gasteiger charge is -2.25. The summed E-state index contributed by atoms with van der Waals surface area (Å²) in [5.74, 6) is 0. The van der Waals surface area contributed by atoms with Crippen molar-refractivity contribution in [1.82, 2.24) is 0 Å². The van der Waals surface area contributed by atoms with Crippen LogP contribution in [0.1, 0.15) is 0 Å². The van der Waals surface area contributed by atoms with E-state index in [0.29, 0.717) is 0 Å². The van der Waals surface area contributed by atoms with Crippen LogP contribution in [0.15, 0.2) is 0 Å². The molecule has 0 aliphatic carbocycles. The van der Waals surface area contributed by atoms with Crippen LogP contribution in [0.3, 0.4) is 0 Å². The van der Waals surface area contributed by atoms with Gasteiger partial charge in [0.25, 0.3) is 0 Å². The molecule has 0 rings (SSSR count). The summed E-state index contributed by atoms with van der Waals surface area (Å²) >= 11 is 5.10. The average molecular weight is 156 g/mol. The maximum Gasteiger partial charge on any atom is 0.150 e. The highest BCUT2D eigenvalue weighted by atomic mass is 35.5. The third-order valence-electron chi connectivity index (χ3n) is 1.06. The van der Waals surface area contributed by atoms with E-state index in [2.05, 4.69) is 0 Å². The minimum absolute atomic E-state index is 0.547. The predicted molar refractivity (Wildman–Crippen MR) is 32.9 cm³/mol. The number of nitrogens with two attached hydrogens (primary N) is 1. The zero-order valence-electron chi connectivity index (χ0n) is 4.79. The number of alkyl halides is 1. The summed E-state index contributed by atoms with van der Waals surface area (Å²) in [7, 11) is 0. The lowest BCUT2D eigenvalue weighted by Crippen LogP contribution is -2.54. The summed E-state index contributed by atoms with van der Waals surface area (Å²) in [6.45, 7) is -1.09. The smallest absolute Gasteiger partial charge is 0.150 e. The molecule has 0 fully saturated rings. The van der Waals surface area contributed by atoms with Gasteiger partial charge in [-0.2, -0.15) is 0 Å². The number of rotatable bonds is 3. The first-order chi connectivity index (χ1) is 4.06. The highest BCUT2D eigenvalue weighted by molar-refractivity contribution is 6.20. The van der Waals surface area contributed by atoms with E-state index in [9.17, 15) is 0 Å². The average Bonchev–Trinajstić information content (AvgIpc) is 1.86. The predicted octanol–water partition coefficient (Wildman–Crippen LogP) is -1.77. The highest BCUT2D eigenvalue weighted by Gasteiger charge is 2.30. The van der Waals surface area contributed by atoms with E-state index < -0.39 is 24.3 Å². The van der Waals surface area contributed by atoms with Crippen LogP contribution in [0, 0.1) is 0 Å². The molecule has 5 N–H and O–H groups in total. The number of hydrogen-bond donors (Lipinski definition) is 4. The van der Waals surface area contributed by atoms with Gasteiger partial charge in [0.2, 0.25) is 0 Å². The number of aliphatic hydroxyl groups is 3. The Kier molecular flexibility index (Phi) is 3.38. The monoisotopic (exact) mass is 155 g/mol. The normalized spacial score (nSPS) is 15.7. The summed E-state index contributed by atoms with van der Waals surface area (Å²) in [5, 5.41) is 25.4. The van der Waals surface area contributed by atoms with Crippen molar-refractivity contribution in [3.8, 4) is 0 Å². The fourth-order valence-corrected chi connectivity index (χ4v) is 0.339. The van der Waals surface area contributed by atoms with Crippen molar-refractivity contribution in [3.63, 3.8) is 0 Å². The second kappa shape index (κ2) is 3.34. The Labute approximate surface area is 57.9 Å². The fraction of sp³-hybridized carbons (Fsp3) is 1.00. The summed E-state index contributed by atoms with van der Waals surface area (Å²) < 4.78 is 0. The van der Waals surface area contributed by atoms with Crippen LogP contribution in [0.25, 0.3) is 0 Å². The summed E-state index contributed by atoms with van der Waals surface area (Å²) in [6, 6.07) is 0. The van der Waals surface area contributed by atoms with E-state index in [-0.39, 0.29) is 0 Å². The second-order valence-corrected chi connectivity index (χ2v) is 2.30. The molecule has 0 radical (unpaired) electrons. The first kappa shape index (κ1) is 9.13. The number of hydrogen-bond acceptors (Lipinski definition) is 4. The molecule has 0 aromatic carbocycles. The third-order valence-corrected chi connectivity index (χ3v) is 1.50. The molecule has 0 heterocycles. The molecule has 4 nitrogen and oxygen atoms in total. The standard InChI is InChI=1S/C4H10ClNO3/c5-3(9)4(6,1-7)2-8/h3,7-9H,1-2,6H2. The summed E-state index contributed by atoms with van der Waals surface area (Å²) in [5.41, 5.74) is 2.25. The second-order valence-electron chi connectivity index (χ2n) is 1.89. The molecule has 0 spiro atoms. The first-order valence-electron chi connectivity index (χ1n) is 2.39. The van der Waals surface area contributed by atoms with Gasteiger partial charge in [-0.05, 0) is 0 Å². The molecule has 1 atom stereocenters. The molecule has 0 aromatic heterocycles. The fourth-order valence-electron chi connectivity index (χ4n) is 0.201. The maximum absolute atomic E-state index is 8.59. The Morgan fingerprint density at radius 3 is 1.78 bits per heavy atom. The van der Waals surface area contributed by atoms with Crippen molar-refractivity contribution in [3.05, 3.63) is 0 Å². The minimum Gasteiger partial charge on any atom is -0.394 e. The molecule has 5 heteroatoms. The number of halogens is 1. The molecular weight excluding hydrogens is 146 g/mol. The van der Waals surface area contributed by atoms with Gasteiger partial charge in [0, 0.05) is 0 Å². The van der Waals surface area contributed by atoms with Crippen LogP contribution >= 0.6 is 11.6 Å². The van der Waals surface area contributed by atoms with E-state index in [0.717, 1.165) is 0 Å². The number of aliphatic hydroxyl groups excluding tert-OH is 3. The summed E-state index contributed by atoms with van der Waals surface area (Å²) in [4.78, 5) is 0. The van der Waals surface area contributed by atoms with Crippen molar-refractivity contribution < 1.29 is 15.3 Å². The minimum atomic E-state index is -1.48. The molecule has 0 saturated carbocycles. The maximum atomic E-state index is 8.59. The van der Waals surface area contributed by atoms with Crippen molar-refractivity contribution in [1.29, 1.82) is 0 Å². The Morgan fingerprint density at radius 2 is 1.78 bits per heavy atom. The van der Waals surface area contributed by atoms with Gasteiger partial charge in [-0.1, -0.05) is 11.6 Å². The van der Waals surface area contributed by atoms with Gasteiger partial charge in [-0.25, -0.2) is 0 Å². The Hall–Kier alpha value is 0.130. The molecule has 0 bridgehead atoms. The molecule has 0 aliphatic heterocycles. The topological polar surface area (TPSA) is 86.7 Å². The van der Waals surface area contributed by atoms with Crippen molar-refractivity contribution in [2.45, 2.75) is 11.1 Å². The SMILES string of the molecule is NC(CO)(CO)C(O)Cl. The molecule has 0 aromatic rings. The van der Waals surface area contributed by atoms with Crippen LogP contribution < -0.4 is 5.73 Å². The van der Waals surface area contributed by atoms with Gasteiger partial charge in [0.05, 0.1) is 13.2 Å². The quantitative estimate of drug-likeness (QED) is 0.363. The molecular formula is C4H10ClNO3. The van der Waals surface area contributed by atoms with Crippen LogP contribution in [0.5, 0.6) is 0 Å². The molecule has 0 aliphatic rings. The molecule has 56 valence electrons. The summed E-state index contributed by atoms with van der Waals surface area (Å²) in [6.07, 6.45) is 0. The van der Waals surface area contributed by atoms with Gasteiger partial charge in [-0.15, -0.1) is 0 Å². The third kappa shape index (κ3) is 2.08. The van der Waals surface area contributed by atoms with Crippen LogP contribution in [0.4, 0.5) is 0 Å². The van der Waals surface area contributed by atoms with E-state index in [1.54, 1.807) is 0 Å². The zero-order chi connectivity index (χ0) is 7.49. The van der Waals surface area contributed by atoms with Gasteiger partial charge < -0.3 is 21.1 Å². The van der Waals surface area contributed by atoms with Crippen molar-refractivity contribution in [2.24, 2.45) is 5.73 Å². The largest absolute Gasteiger partial charge is 0.394 e. The van der Waals surface area contributed by atoms with E-state index in [4.69, 9.17) is 32.7 Å². The Balaban J connectivity index is 3.92. The zero-order valence-corrected chi connectivity index (χ0v) is 5.54. The van der Waals surface area contributed by atoms with E-state index in [1.165, 1.54) is 0 Å². The molecule has 1 unspecified atom stereocenters. The first-order valence-corrected chi connectivity index (χ1v) is 2.83. The molecule has 0 amide bonds. The van der Waals surface area contributed by atoms with E-state index in [1.807, 2.05) is 0 Å². The Morgan fingerprint density at radius 1 is 1.44 bits per heavy atom. The van der Waals surface area contributed by atoms with Gasteiger partial charge in [0.1, 0.15) is 11.1 Å². The van der Waals surface area contributed by atoms with Crippen molar-refractivity contribution in [2.75, 3.05) is 13.2 Å². The Bertz CT molecular complexity index is 83.9. The lowest BCUT2D eigenvalue weighted by molar-refractivity contribution is 0.0491. The van der Waals surface area contributed by atoms with Crippen LogP contribution in [-0.4, -0.2) is 39.6 Å². The van der Waals surface area contributed by atoms with Crippen LogP contribution in [0.2, 0.25) is 0 Å². The molecule has 0 saturated heterocycles. The lowest BCUT2D eigenvalue weighted by atomic mass is 10.1.